The molecule has 3 aromatic heterocycles. The van der Waals surface area contributed by atoms with Gasteiger partial charge in [-0.1, -0.05) is 63.0 Å². The number of aryl methyl sites for hydroxylation is 2. The lowest BCUT2D eigenvalue weighted by Crippen LogP contribution is -2.57. The molecule has 11 rings (SSSR count). The Hall–Kier alpha value is -7.90. The number of piperidine rings is 1. The summed E-state index contributed by atoms with van der Waals surface area (Å²) in [5, 5.41) is 6.43. The van der Waals surface area contributed by atoms with Gasteiger partial charge in [0, 0.05) is 63.4 Å². The first-order valence-corrected chi connectivity index (χ1v) is 31.3. The number of aromatic nitrogens is 5. The molecular weight excluding hydrogens is 1130 g/mol. The maximum Gasteiger partial charge on any atom is 0.410 e. The van der Waals surface area contributed by atoms with Gasteiger partial charge in [-0.2, -0.15) is 9.97 Å². The third-order valence-corrected chi connectivity index (χ3v) is 18.3. The van der Waals surface area contributed by atoms with Gasteiger partial charge in [0.25, 0.3) is 0 Å². The Labute approximate surface area is 510 Å². The van der Waals surface area contributed by atoms with Crippen molar-refractivity contribution in [3.8, 4) is 35.4 Å². The van der Waals surface area contributed by atoms with Crippen molar-refractivity contribution in [2.45, 2.75) is 172 Å². The number of nitrogens with one attached hydrogen (secondary N) is 2. The van der Waals surface area contributed by atoms with Crippen LogP contribution in [0, 0.1) is 24.0 Å². The Balaban J connectivity index is 0.673. The van der Waals surface area contributed by atoms with Crippen LogP contribution in [0.5, 0.6) is 11.8 Å². The highest BCUT2D eigenvalue weighted by molar-refractivity contribution is 6.03. The Morgan fingerprint density at radius 3 is 2.36 bits per heavy atom. The van der Waals surface area contributed by atoms with E-state index in [4.69, 9.17) is 40.1 Å². The molecule has 5 atom stereocenters. The molecule has 3 unspecified atom stereocenters. The van der Waals surface area contributed by atoms with Crippen molar-refractivity contribution in [2.24, 2.45) is 7.05 Å². The van der Waals surface area contributed by atoms with Gasteiger partial charge in [-0.05, 0) is 133 Å². The van der Waals surface area contributed by atoms with Crippen molar-refractivity contribution >= 4 is 62.5 Å². The molecule has 8 heterocycles. The van der Waals surface area contributed by atoms with Crippen LogP contribution < -0.4 is 30.7 Å². The van der Waals surface area contributed by atoms with Crippen molar-refractivity contribution < 1.29 is 51.6 Å². The molecule has 2 N–H and O–H groups in total. The number of ether oxygens (including phenoxy) is 5. The number of benzene rings is 3. The van der Waals surface area contributed by atoms with Crippen LogP contribution in [-0.2, 0) is 37.3 Å². The van der Waals surface area contributed by atoms with Crippen molar-refractivity contribution in [2.75, 3.05) is 58.2 Å². The molecular formula is C66H80F2N10O10. The van der Waals surface area contributed by atoms with Gasteiger partial charge in [0.2, 0.25) is 11.8 Å². The number of piperazine rings is 1. The molecule has 88 heavy (non-hydrogen) atoms. The predicted octanol–water partition coefficient (Wildman–Crippen LogP) is 10.2. The summed E-state index contributed by atoms with van der Waals surface area (Å²) in [4.78, 5) is 84.7. The minimum Gasteiger partial charge on any atom is -0.468 e. The Morgan fingerprint density at radius 2 is 1.64 bits per heavy atom. The van der Waals surface area contributed by atoms with E-state index in [0.29, 0.717) is 53.9 Å². The lowest BCUT2D eigenvalue weighted by Gasteiger charge is -2.42. The number of carbonyl (C=O) groups excluding carboxylic acids is 4. The fourth-order valence-corrected chi connectivity index (χ4v) is 14.0. The summed E-state index contributed by atoms with van der Waals surface area (Å²) < 4.78 is 65.5. The molecule has 5 saturated heterocycles. The fourth-order valence-electron chi connectivity index (χ4n) is 14.0. The molecule has 5 aliphatic heterocycles. The van der Waals surface area contributed by atoms with Crippen molar-refractivity contribution in [1.29, 1.82) is 0 Å². The second-order valence-electron chi connectivity index (χ2n) is 25.3. The summed E-state index contributed by atoms with van der Waals surface area (Å²) in [6, 6.07) is 10.9. The van der Waals surface area contributed by atoms with Gasteiger partial charge in [0.05, 0.1) is 39.6 Å². The van der Waals surface area contributed by atoms with E-state index in [1.807, 2.05) is 43.9 Å². The van der Waals surface area contributed by atoms with E-state index >= 15 is 8.78 Å². The maximum atomic E-state index is 17.7. The topological polar surface area (TPSA) is 214 Å². The van der Waals surface area contributed by atoms with Gasteiger partial charge < -0.3 is 33.9 Å². The standard InChI is InChI=1S/C66H80F2N10O10/c1-7-47-50(67)23-20-42-33-46(87-40-84-6)34-48(55(42)47)57-56(68)58-49(35-70-57)59(75-36-43-21-22-44(37-75)77(43)64(83)88-65(2,3)4)73-61(72-58)86-39-66-28-17-31-76(66)45(27-29-66)38-85-62(81)69-30-16-14-12-10-8-9-11-13-15-18-41-19-24-51-53(32-41)74(5)63(82)78(51)52-25-26-54(79)71-60(52)80/h1,19-20,23-24,32-35,43-45,52H,8-18,21-22,25-31,36-40H2,2-6H3,(H,69,81)(H,71,79,80)/t43?,44?,45-,52?,66-/m0/s1. The Morgan fingerprint density at radius 1 is 0.886 bits per heavy atom. The molecule has 22 heteroatoms. The van der Waals surface area contributed by atoms with E-state index in [0.717, 1.165) is 120 Å². The molecule has 0 spiro atoms. The first-order valence-electron chi connectivity index (χ1n) is 31.3. The summed E-state index contributed by atoms with van der Waals surface area (Å²) >= 11 is 0. The number of nitrogens with zero attached hydrogens (tertiary/aromatic N) is 8. The lowest BCUT2D eigenvalue weighted by molar-refractivity contribution is -0.135. The van der Waals surface area contributed by atoms with E-state index < -0.39 is 40.8 Å². The molecule has 6 aromatic rings. The molecule has 0 radical (unpaired) electrons. The number of hydrogen-bond acceptors (Lipinski definition) is 15. The van der Waals surface area contributed by atoms with Crippen molar-refractivity contribution in [3.63, 3.8) is 0 Å². The monoisotopic (exact) mass is 1210 g/mol. The van der Waals surface area contributed by atoms with Crippen LogP contribution >= 0.6 is 0 Å². The summed E-state index contributed by atoms with van der Waals surface area (Å²) in [6.07, 6.45) is 22.6. The smallest absolute Gasteiger partial charge is 0.410 e. The number of anilines is 1. The van der Waals surface area contributed by atoms with Crippen LogP contribution in [0.3, 0.4) is 0 Å². The number of carbonyl (C=O) groups is 4. The highest BCUT2D eigenvalue weighted by Gasteiger charge is 2.51. The first-order chi connectivity index (χ1) is 42.4. The van der Waals surface area contributed by atoms with E-state index in [9.17, 15) is 24.0 Å². The first kappa shape index (κ1) is 61.7. The zero-order chi connectivity index (χ0) is 61.9. The number of terminal acetylenes is 1. The molecule has 5 aliphatic rings. The quantitative estimate of drug-likeness (QED) is 0.0264. The van der Waals surface area contributed by atoms with Crippen molar-refractivity contribution in [3.05, 3.63) is 81.9 Å². The third-order valence-electron chi connectivity index (χ3n) is 18.3. The van der Waals surface area contributed by atoms with Gasteiger partial charge in [-0.15, -0.1) is 6.42 Å². The summed E-state index contributed by atoms with van der Waals surface area (Å²) in [5.41, 5.74) is 1.28. The number of imidazole rings is 1. The number of hydrogen-bond donors (Lipinski definition) is 2. The maximum absolute atomic E-state index is 17.7. The molecule has 2 bridgehead atoms. The molecule has 3 aromatic carbocycles. The number of alkyl carbamates (subject to hydrolysis) is 1. The van der Waals surface area contributed by atoms with Crippen molar-refractivity contribution in [1.82, 2.24) is 44.5 Å². The Bertz CT molecular complexity index is 3710. The SMILES string of the molecule is C#Cc1c(F)ccc2cc(OCOC)cc(-c3ncc4c(N5CC6CCC(C5)N6C(=O)OC(C)(C)C)nc(OC[C@@]56CCCN5[C@H](COC(=O)NCCCCCCCCCCCc5ccc7c(c5)n(C)c(=O)n7C5CCC(=O)NC5=O)CC6)nc4c3F)c12. The zero-order valence-corrected chi connectivity index (χ0v) is 51.1. The zero-order valence-electron chi connectivity index (χ0n) is 51.1. The summed E-state index contributed by atoms with van der Waals surface area (Å²) in [6.45, 7) is 8.03. The number of amides is 4. The summed E-state index contributed by atoms with van der Waals surface area (Å²) in [7, 11) is 3.20. The summed E-state index contributed by atoms with van der Waals surface area (Å²) in [5.74, 6) is 1.01. The van der Waals surface area contributed by atoms with Crippen LogP contribution in [0.4, 0.5) is 24.2 Å². The predicted molar refractivity (Wildman–Crippen MR) is 328 cm³/mol. The normalized spacial score (nSPS) is 21.1. The highest BCUT2D eigenvalue weighted by Crippen LogP contribution is 2.45. The van der Waals surface area contributed by atoms with Crippen LogP contribution in [-0.4, -0.2) is 140 Å². The minimum absolute atomic E-state index is 0.0168. The average molecular weight is 1210 g/mol. The van der Waals surface area contributed by atoms with Crippen LogP contribution in [0.2, 0.25) is 0 Å². The van der Waals surface area contributed by atoms with E-state index in [1.54, 1.807) is 29.8 Å². The number of imide groups is 1. The van der Waals surface area contributed by atoms with Crippen LogP contribution in [0.25, 0.3) is 44.0 Å². The van der Waals surface area contributed by atoms with Crippen LogP contribution in [0.15, 0.2) is 53.5 Å². The second kappa shape index (κ2) is 26.4. The number of halogens is 2. The average Bonchev–Trinajstić information content (AvgIpc) is 1.00. The number of unbranched alkanes of at least 4 members (excludes halogenated alkanes) is 8. The van der Waals surface area contributed by atoms with Gasteiger partial charge in [-0.25, -0.2) is 23.2 Å². The van der Waals surface area contributed by atoms with Gasteiger partial charge in [0.15, 0.2) is 12.6 Å². The van der Waals surface area contributed by atoms with E-state index in [-0.39, 0.29) is 96.0 Å². The van der Waals surface area contributed by atoms with Gasteiger partial charge >= 0.3 is 23.9 Å². The number of methoxy groups -OCH3 is 1. The lowest BCUT2D eigenvalue weighted by atomic mass is 9.95. The minimum atomic E-state index is -0.792. The van der Waals surface area contributed by atoms with Gasteiger partial charge in [0.1, 0.15) is 53.5 Å². The highest BCUT2D eigenvalue weighted by atomic mass is 19.1. The molecule has 0 aliphatic carbocycles. The molecule has 5 fully saturated rings. The molecule has 20 nitrogen and oxygen atoms in total. The van der Waals surface area contributed by atoms with Gasteiger partial charge in [-0.3, -0.25) is 38.8 Å². The number of fused-ring (bicyclic) bond motifs is 6. The fraction of sp³-hybridized carbons (Fsp3) is 0.545. The number of rotatable bonds is 23. The largest absolute Gasteiger partial charge is 0.468 e. The molecule has 0 saturated carbocycles. The molecule has 4 amide bonds. The Kier molecular flexibility index (Phi) is 18.5. The van der Waals surface area contributed by atoms with Crippen LogP contribution in [0.1, 0.15) is 147 Å². The van der Waals surface area contributed by atoms with E-state index in [1.165, 1.54) is 23.9 Å². The number of pyridine rings is 1. The third kappa shape index (κ3) is 13.0. The van der Waals surface area contributed by atoms with E-state index in [2.05, 4.69) is 31.3 Å². The second-order valence-corrected chi connectivity index (χ2v) is 25.3. The molecule has 468 valence electrons.